The molecule has 0 saturated heterocycles. The number of hydrogen-bond donors (Lipinski definition) is 2. The van der Waals surface area contributed by atoms with Crippen molar-refractivity contribution in [1.82, 2.24) is 25.4 Å². The molecule has 0 spiro atoms. The van der Waals surface area contributed by atoms with Crippen LogP contribution in [-0.4, -0.2) is 34.3 Å². The van der Waals surface area contributed by atoms with Crippen LogP contribution in [0.2, 0.25) is 0 Å². The van der Waals surface area contributed by atoms with Crippen molar-refractivity contribution >= 4 is 29.9 Å². The summed E-state index contributed by atoms with van der Waals surface area (Å²) in [6, 6.07) is 0. The van der Waals surface area contributed by atoms with Gasteiger partial charge < -0.3 is 15.2 Å². The van der Waals surface area contributed by atoms with E-state index in [1.807, 2.05) is 7.05 Å². The average Bonchev–Trinajstić information content (AvgIpc) is 3.25. The Morgan fingerprint density at radius 1 is 1.20 bits per heavy atom. The van der Waals surface area contributed by atoms with Gasteiger partial charge in [0.15, 0.2) is 11.8 Å². The Morgan fingerprint density at radius 2 is 1.96 bits per heavy atom. The minimum atomic E-state index is 0. The van der Waals surface area contributed by atoms with Crippen LogP contribution < -0.4 is 10.6 Å². The summed E-state index contributed by atoms with van der Waals surface area (Å²) in [6.07, 6.45) is 8.95. The van der Waals surface area contributed by atoms with Crippen molar-refractivity contribution in [3.05, 3.63) is 11.6 Å². The molecule has 2 N–H and O–H groups in total. The Hall–Kier alpha value is -0.860. The molecule has 25 heavy (non-hydrogen) atoms. The summed E-state index contributed by atoms with van der Waals surface area (Å²) in [5.41, 5.74) is 0.446. The molecule has 1 saturated carbocycles. The van der Waals surface area contributed by atoms with Crippen molar-refractivity contribution < 1.29 is 0 Å². The lowest BCUT2D eigenvalue weighted by atomic mass is 9.78. The van der Waals surface area contributed by atoms with Crippen molar-refractivity contribution in [3.8, 4) is 0 Å². The van der Waals surface area contributed by atoms with Gasteiger partial charge in [0.25, 0.3) is 0 Å². The molecule has 0 unspecified atom stereocenters. The summed E-state index contributed by atoms with van der Waals surface area (Å²) in [5, 5.41) is 15.5. The largest absolute Gasteiger partial charge is 0.356 e. The minimum Gasteiger partial charge on any atom is -0.356 e. The fourth-order valence-electron chi connectivity index (χ4n) is 4.44. The van der Waals surface area contributed by atoms with Gasteiger partial charge >= 0.3 is 0 Å². The zero-order chi connectivity index (χ0) is 17.0. The maximum atomic E-state index is 4.39. The third-order valence-electron chi connectivity index (χ3n) is 5.46. The SMILES string of the molecule is CN=C(NCc1nnc2n1CCC2)NCC1(CC(C)C)CCCC1.I. The van der Waals surface area contributed by atoms with E-state index in [1.165, 1.54) is 38.5 Å². The Balaban J connectivity index is 0.00000225. The zero-order valence-corrected chi connectivity index (χ0v) is 18.2. The van der Waals surface area contributed by atoms with Gasteiger partial charge in [-0.05, 0) is 37.0 Å². The van der Waals surface area contributed by atoms with E-state index in [1.54, 1.807) is 0 Å². The maximum absolute atomic E-state index is 4.39. The highest BCUT2D eigenvalue weighted by atomic mass is 127. The van der Waals surface area contributed by atoms with E-state index in [0.29, 0.717) is 12.0 Å². The number of guanidine groups is 1. The van der Waals surface area contributed by atoms with Gasteiger partial charge in [0.2, 0.25) is 0 Å². The Kier molecular flexibility index (Phi) is 7.51. The summed E-state index contributed by atoms with van der Waals surface area (Å²) in [6.45, 7) is 7.41. The monoisotopic (exact) mass is 460 g/mol. The van der Waals surface area contributed by atoms with Crippen molar-refractivity contribution in [3.63, 3.8) is 0 Å². The van der Waals surface area contributed by atoms with Gasteiger partial charge in [-0.1, -0.05) is 26.7 Å². The van der Waals surface area contributed by atoms with Crippen LogP contribution in [0.1, 0.15) is 64.0 Å². The summed E-state index contributed by atoms with van der Waals surface area (Å²) in [4.78, 5) is 4.39. The van der Waals surface area contributed by atoms with Gasteiger partial charge in [-0.2, -0.15) is 0 Å². The molecule has 1 aromatic rings. The normalized spacial score (nSPS) is 19.0. The van der Waals surface area contributed by atoms with Gasteiger partial charge in [0.1, 0.15) is 5.82 Å². The van der Waals surface area contributed by atoms with E-state index < -0.39 is 0 Å². The predicted molar refractivity (Wildman–Crippen MR) is 112 cm³/mol. The fourth-order valence-corrected chi connectivity index (χ4v) is 4.44. The molecule has 6 nitrogen and oxygen atoms in total. The first-order valence-electron chi connectivity index (χ1n) is 9.47. The lowest BCUT2D eigenvalue weighted by molar-refractivity contribution is 0.234. The van der Waals surface area contributed by atoms with Crippen molar-refractivity contribution in [2.24, 2.45) is 16.3 Å². The Morgan fingerprint density at radius 3 is 2.64 bits per heavy atom. The van der Waals surface area contributed by atoms with Crippen LogP contribution >= 0.6 is 24.0 Å². The first-order chi connectivity index (χ1) is 11.6. The van der Waals surface area contributed by atoms with Crippen LogP contribution in [0.4, 0.5) is 0 Å². The van der Waals surface area contributed by atoms with Gasteiger partial charge in [-0.15, -0.1) is 34.2 Å². The Labute approximate surface area is 168 Å². The number of halogens is 1. The average molecular weight is 460 g/mol. The number of hydrogen-bond acceptors (Lipinski definition) is 3. The highest BCUT2D eigenvalue weighted by Gasteiger charge is 2.34. The first-order valence-corrected chi connectivity index (χ1v) is 9.47. The quantitative estimate of drug-likeness (QED) is 0.389. The summed E-state index contributed by atoms with van der Waals surface area (Å²) in [7, 11) is 1.84. The molecule has 142 valence electrons. The van der Waals surface area contributed by atoms with E-state index >= 15 is 0 Å². The highest BCUT2D eigenvalue weighted by molar-refractivity contribution is 14.0. The molecule has 1 fully saturated rings. The van der Waals surface area contributed by atoms with Crippen LogP contribution in [0.25, 0.3) is 0 Å². The molecule has 1 aromatic heterocycles. The predicted octanol–water partition coefficient (Wildman–Crippen LogP) is 3.11. The van der Waals surface area contributed by atoms with Gasteiger partial charge in [0, 0.05) is 26.6 Å². The van der Waals surface area contributed by atoms with E-state index in [4.69, 9.17) is 0 Å². The molecule has 0 amide bonds. The molecule has 2 aliphatic rings. The van der Waals surface area contributed by atoms with Gasteiger partial charge in [-0.25, -0.2) is 0 Å². The van der Waals surface area contributed by atoms with Gasteiger partial charge in [-0.3, -0.25) is 4.99 Å². The van der Waals surface area contributed by atoms with E-state index in [-0.39, 0.29) is 24.0 Å². The fraction of sp³-hybridized carbons (Fsp3) is 0.833. The van der Waals surface area contributed by atoms with Crippen LogP contribution in [0.5, 0.6) is 0 Å². The molecule has 3 rings (SSSR count). The molecular weight excluding hydrogens is 427 g/mol. The van der Waals surface area contributed by atoms with E-state index in [9.17, 15) is 0 Å². The lowest BCUT2D eigenvalue weighted by Gasteiger charge is -2.31. The van der Waals surface area contributed by atoms with Crippen molar-refractivity contribution in [2.75, 3.05) is 13.6 Å². The first kappa shape index (κ1) is 20.5. The number of nitrogens with zero attached hydrogens (tertiary/aromatic N) is 4. The summed E-state index contributed by atoms with van der Waals surface area (Å²) >= 11 is 0. The highest BCUT2D eigenvalue weighted by Crippen LogP contribution is 2.42. The number of aromatic nitrogens is 3. The standard InChI is InChI=1S/C18H32N6.HI/c1-14(2)11-18(8-4-5-9-18)13-21-17(19-3)20-12-16-23-22-15-7-6-10-24(15)16;/h14H,4-13H2,1-3H3,(H2,19,20,21);1H. The minimum absolute atomic E-state index is 0. The molecule has 0 radical (unpaired) electrons. The summed E-state index contributed by atoms with van der Waals surface area (Å²) < 4.78 is 2.23. The van der Waals surface area contributed by atoms with E-state index in [2.05, 4.69) is 44.2 Å². The number of fused-ring (bicyclic) bond motifs is 1. The maximum Gasteiger partial charge on any atom is 0.191 e. The van der Waals surface area contributed by atoms with Crippen LogP contribution in [0.3, 0.4) is 0 Å². The number of nitrogens with one attached hydrogen (secondary N) is 2. The molecular formula is C18H33IN6. The lowest BCUT2D eigenvalue weighted by Crippen LogP contribution is -2.43. The second-order valence-corrected chi connectivity index (χ2v) is 7.87. The number of rotatable bonds is 6. The topological polar surface area (TPSA) is 67.1 Å². The zero-order valence-electron chi connectivity index (χ0n) is 15.8. The third kappa shape index (κ3) is 5.08. The number of aliphatic imine (C=N–C) groups is 1. The van der Waals surface area contributed by atoms with E-state index in [0.717, 1.165) is 43.0 Å². The van der Waals surface area contributed by atoms with Crippen LogP contribution in [-0.2, 0) is 19.5 Å². The Bertz CT molecular complexity index is 574. The number of aryl methyl sites for hydroxylation is 1. The van der Waals surface area contributed by atoms with Gasteiger partial charge in [0.05, 0.1) is 6.54 Å². The van der Waals surface area contributed by atoms with Crippen molar-refractivity contribution in [1.29, 1.82) is 0 Å². The molecule has 1 aliphatic carbocycles. The third-order valence-corrected chi connectivity index (χ3v) is 5.46. The smallest absolute Gasteiger partial charge is 0.191 e. The second kappa shape index (κ2) is 9.19. The molecule has 1 aliphatic heterocycles. The molecule has 0 aromatic carbocycles. The summed E-state index contributed by atoms with van der Waals surface area (Å²) in [5.74, 6) is 3.76. The van der Waals surface area contributed by atoms with Crippen LogP contribution in [0.15, 0.2) is 4.99 Å². The molecule has 2 heterocycles. The molecule has 7 heteroatoms. The second-order valence-electron chi connectivity index (χ2n) is 7.87. The van der Waals surface area contributed by atoms with Crippen molar-refractivity contribution in [2.45, 2.75) is 71.9 Å². The molecule has 0 bridgehead atoms. The molecule has 0 atom stereocenters. The van der Waals surface area contributed by atoms with Crippen LogP contribution in [0, 0.1) is 11.3 Å².